The van der Waals surface area contributed by atoms with Crippen LogP contribution < -0.4 is 15.8 Å². The second-order valence-electron chi connectivity index (χ2n) is 4.54. The Balaban J connectivity index is 2.68. The molecule has 0 bridgehead atoms. The third-order valence-corrected chi connectivity index (χ3v) is 3.12. The summed E-state index contributed by atoms with van der Waals surface area (Å²) in [5, 5.41) is 2.83. The summed E-state index contributed by atoms with van der Waals surface area (Å²) in [4.78, 5) is 12.0. The SMILES string of the molecule is CSCC[C@@H](N)C(=O)Nc1ccccc1OC(C)C. The van der Waals surface area contributed by atoms with Crippen molar-refractivity contribution in [2.75, 3.05) is 17.3 Å². The molecule has 1 atom stereocenters. The van der Waals surface area contributed by atoms with Gasteiger partial charge in [-0.2, -0.15) is 11.8 Å². The first-order valence-electron chi connectivity index (χ1n) is 6.35. The Morgan fingerprint density at radius 1 is 1.42 bits per heavy atom. The molecule has 0 heterocycles. The number of nitrogens with one attached hydrogen (secondary N) is 1. The number of ether oxygens (including phenoxy) is 1. The van der Waals surface area contributed by atoms with Gasteiger partial charge in [0, 0.05) is 0 Å². The lowest BCUT2D eigenvalue weighted by molar-refractivity contribution is -0.117. The number of hydrogen-bond donors (Lipinski definition) is 2. The standard InChI is InChI=1S/C14H22N2O2S/c1-10(2)18-13-7-5-4-6-12(13)16-14(17)11(15)8-9-19-3/h4-7,10-11H,8-9,15H2,1-3H3,(H,16,17)/t11-/m1/s1. The van der Waals surface area contributed by atoms with E-state index in [1.54, 1.807) is 11.8 Å². The van der Waals surface area contributed by atoms with Crippen molar-refractivity contribution in [1.29, 1.82) is 0 Å². The highest BCUT2D eigenvalue weighted by Crippen LogP contribution is 2.25. The van der Waals surface area contributed by atoms with Crippen molar-refractivity contribution in [3.63, 3.8) is 0 Å². The summed E-state index contributed by atoms with van der Waals surface area (Å²) in [7, 11) is 0. The quantitative estimate of drug-likeness (QED) is 0.806. The van der Waals surface area contributed by atoms with Gasteiger partial charge in [-0.15, -0.1) is 0 Å². The molecule has 3 N–H and O–H groups in total. The minimum absolute atomic E-state index is 0.0585. The maximum Gasteiger partial charge on any atom is 0.241 e. The van der Waals surface area contributed by atoms with Gasteiger partial charge in [0.2, 0.25) is 5.91 Å². The zero-order valence-corrected chi connectivity index (χ0v) is 12.5. The molecule has 0 saturated carbocycles. The zero-order valence-electron chi connectivity index (χ0n) is 11.7. The number of amides is 1. The lowest BCUT2D eigenvalue weighted by Crippen LogP contribution is -2.36. The summed E-state index contributed by atoms with van der Waals surface area (Å²) in [5.74, 6) is 1.37. The highest BCUT2D eigenvalue weighted by atomic mass is 32.2. The number of anilines is 1. The second kappa shape index (κ2) is 8.07. The van der Waals surface area contributed by atoms with Gasteiger partial charge in [0.25, 0.3) is 0 Å². The average Bonchev–Trinajstić information content (AvgIpc) is 2.37. The zero-order chi connectivity index (χ0) is 14.3. The monoisotopic (exact) mass is 282 g/mol. The Hall–Kier alpha value is -1.20. The topological polar surface area (TPSA) is 64.4 Å². The van der Waals surface area contributed by atoms with E-state index in [1.165, 1.54) is 0 Å². The van der Waals surface area contributed by atoms with Crippen LogP contribution in [0.15, 0.2) is 24.3 Å². The van der Waals surface area contributed by atoms with Crippen molar-refractivity contribution in [3.05, 3.63) is 24.3 Å². The molecule has 0 spiro atoms. The van der Waals surface area contributed by atoms with Gasteiger partial charge < -0.3 is 15.8 Å². The van der Waals surface area contributed by atoms with Gasteiger partial charge in [0.15, 0.2) is 0 Å². The number of hydrogen-bond acceptors (Lipinski definition) is 4. The highest BCUT2D eigenvalue weighted by molar-refractivity contribution is 7.98. The van der Waals surface area contributed by atoms with E-state index in [0.29, 0.717) is 17.9 Å². The first-order valence-corrected chi connectivity index (χ1v) is 7.75. The molecule has 1 aromatic rings. The van der Waals surface area contributed by atoms with Gasteiger partial charge in [-0.1, -0.05) is 12.1 Å². The van der Waals surface area contributed by atoms with Crippen LogP contribution in [-0.4, -0.2) is 30.1 Å². The van der Waals surface area contributed by atoms with Crippen molar-refractivity contribution < 1.29 is 9.53 Å². The van der Waals surface area contributed by atoms with Crippen LogP contribution in [0.1, 0.15) is 20.3 Å². The maximum atomic E-state index is 12.0. The van der Waals surface area contributed by atoms with E-state index in [1.807, 2.05) is 44.4 Å². The summed E-state index contributed by atoms with van der Waals surface area (Å²) >= 11 is 1.68. The Morgan fingerprint density at radius 2 is 2.11 bits per heavy atom. The molecular formula is C14H22N2O2S. The molecule has 0 unspecified atom stereocenters. The predicted molar refractivity (Wildman–Crippen MR) is 81.8 cm³/mol. The van der Waals surface area contributed by atoms with Crippen molar-refractivity contribution in [3.8, 4) is 5.75 Å². The van der Waals surface area contributed by atoms with E-state index in [4.69, 9.17) is 10.5 Å². The number of nitrogens with two attached hydrogens (primary N) is 1. The number of para-hydroxylation sites is 2. The maximum absolute atomic E-state index is 12.0. The first kappa shape index (κ1) is 15.9. The molecule has 106 valence electrons. The van der Waals surface area contributed by atoms with Crippen LogP contribution in [0.5, 0.6) is 5.75 Å². The Labute approximate surface area is 119 Å². The third kappa shape index (κ3) is 5.53. The fourth-order valence-electron chi connectivity index (χ4n) is 1.53. The van der Waals surface area contributed by atoms with Gasteiger partial charge in [-0.3, -0.25) is 4.79 Å². The number of thioether (sulfide) groups is 1. The van der Waals surface area contributed by atoms with E-state index in [2.05, 4.69) is 5.32 Å². The Morgan fingerprint density at radius 3 is 2.74 bits per heavy atom. The molecule has 4 nitrogen and oxygen atoms in total. The van der Waals surface area contributed by atoms with Crippen LogP contribution in [0.2, 0.25) is 0 Å². The molecule has 0 aliphatic rings. The molecule has 0 aliphatic heterocycles. The normalized spacial score (nSPS) is 12.3. The van der Waals surface area contributed by atoms with Crippen LogP contribution in [-0.2, 0) is 4.79 Å². The molecule has 0 aromatic heterocycles. The second-order valence-corrected chi connectivity index (χ2v) is 5.53. The van der Waals surface area contributed by atoms with E-state index >= 15 is 0 Å². The molecular weight excluding hydrogens is 260 g/mol. The van der Waals surface area contributed by atoms with Crippen molar-refractivity contribution in [2.24, 2.45) is 5.73 Å². The summed E-state index contributed by atoms with van der Waals surface area (Å²) in [5.41, 5.74) is 6.50. The number of rotatable bonds is 7. The lowest BCUT2D eigenvalue weighted by Gasteiger charge is -2.16. The number of carbonyl (C=O) groups is 1. The minimum atomic E-state index is -0.487. The van der Waals surface area contributed by atoms with Gasteiger partial charge >= 0.3 is 0 Å². The first-order chi connectivity index (χ1) is 9.04. The van der Waals surface area contributed by atoms with E-state index < -0.39 is 6.04 Å². The van der Waals surface area contributed by atoms with Crippen molar-refractivity contribution >= 4 is 23.4 Å². The Bertz CT molecular complexity index is 410. The van der Waals surface area contributed by atoms with Crippen LogP contribution in [0.25, 0.3) is 0 Å². The molecule has 5 heteroatoms. The van der Waals surface area contributed by atoms with Crippen molar-refractivity contribution in [1.82, 2.24) is 0 Å². The fraction of sp³-hybridized carbons (Fsp3) is 0.500. The minimum Gasteiger partial charge on any atom is -0.489 e. The fourth-order valence-corrected chi connectivity index (χ4v) is 2.02. The lowest BCUT2D eigenvalue weighted by atomic mass is 10.2. The summed E-state index contributed by atoms with van der Waals surface area (Å²) in [6.45, 7) is 3.89. The van der Waals surface area contributed by atoms with Gasteiger partial charge in [0.05, 0.1) is 17.8 Å². The van der Waals surface area contributed by atoms with Gasteiger partial charge in [-0.05, 0) is 44.4 Å². The molecule has 1 aromatic carbocycles. The van der Waals surface area contributed by atoms with Crippen LogP contribution >= 0.6 is 11.8 Å². The Kier molecular flexibility index (Phi) is 6.73. The predicted octanol–water partition coefficient (Wildman–Crippen LogP) is 2.49. The molecule has 1 rings (SSSR count). The molecule has 0 fully saturated rings. The largest absolute Gasteiger partial charge is 0.489 e. The molecule has 0 saturated heterocycles. The molecule has 1 amide bonds. The number of benzene rings is 1. The third-order valence-electron chi connectivity index (χ3n) is 2.48. The number of carbonyl (C=O) groups excluding carboxylic acids is 1. The average molecular weight is 282 g/mol. The van der Waals surface area contributed by atoms with Crippen LogP contribution in [0.4, 0.5) is 5.69 Å². The summed E-state index contributed by atoms with van der Waals surface area (Å²) in [6.07, 6.45) is 2.72. The highest BCUT2D eigenvalue weighted by Gasteiger charge is 2.15. The van der Waals surface area contributed by atoms with E-state index in [9.17, 15) is 4.79 Å². The summed E-state index contributed by atoms with van der Waals surface area (Å²) in [6, 6.07) is 6.90. The van der Waals surface area contributed by atoms with E-state index in [0.717, 1.165) is 5.75 Å². The summed E-state index contributed by atoms with van der Waals surface area (Å²) < 4.78 is 5.65. The molecule has 19 heavy (non-hydrogen) atoms. The van der Waals surface area contributed by atoms with Crippen LogP contribution in [0, 0.1) is 0 Å². The van der Waals surface area contributed by atoms with E-state index in [-0.39, 0.29) is 12.0 Å². The molecule has 0 radical (unpaired) electrons. The van der Waals surface area contributed by atoms with Gasteiger partial charge in [0.1, 0.15) is 5.75 Å². The smallest absolute Gasteiger partial charge is 0.241 e. The van der Waals surface area contributed by atoms with Crippen molar-refractivity contribution in [2.45, 2.75) is 32.4 Å². The van der Waals surface area contributed by atoms with Crippen LogP contribution in [0.3, 0.4) is 0 Å². The van der Waals surface area contributed by atoms with Gasteiger partial charge in [-0.25, -0.2) is 0 Å². The molecule has 0 aliphatic carbocycles.